The first-order chi connectivity index (χ1) is 8.58. The maximum atomic E-state index is 4.03. The van der Waals surface area contributed by atoms with Crippen LogP contribution >= 0.6 is 0 Å². The summed E-state index contributed by atoms with van der Waals surface area (Å²) in [6.07, 6.45) is 3.98. The third kappa shape index (κ3) is 3.07. The molecule has 102 valence electrons. The molecule has 1 aromatic rings. The van der Waals surface area contributed by atoms with Gasteiger partial charge in [-0.2, -0.15) is 0 Å². The van der Waals surface area contributed by atoms with E-state index in [9.17, 15) is 0 Å². The average molecular weight is 251 g/mol. The van der Waals surface area contributed by atoms with E-state index in [1.54, 1.807) is 4.68 Å². The van der Waals surface area contributed by atoms with Crippen LogP contribution in [0.25, 0.3) is 0 Å². The molecule has 18 heavy (non-hydrogen) atoms. The number of aryl methyl sites for hydroxylation is 1. The normalized spacial score (nSPS) is 28.8. The maximum absolute atomic E-state index is 4.03. The molecular formula is C13H25N5. The third-order valence-corrected chi connectivity index (χ3v) is 4.25. The molecule has 0 aliphatic heterocycles. The van der Waals surface area contributed by atoms with Crippen molar-refractivity contribution in [3.63, 3.8) is 0 Å². The number of nitrogens with zero attached hydrogens (tertiary/aromatic N) is 4. The Balaban J connectivity index is 1.94. The molecule has 1 aliphatic rings. The van der Waals surface area contributed by atoms with Gasteiger partial charge in [-0.05, 0) is 41.0 Å². The van der Waals surface area contributed by atoms with Crippen LogP contribution in [0.3, 0.4) is 0 Å². The lowest BCUT2D eigenvalue weighted by molar-refractivity contribution is 0.168. The summed E-state index contributed by atoms with van der Waals surface area (Å²) in [5.41, 5.74) is 0. The van der Waals surface area contributed by atoms with E-state index in [-0.39, 0.29) is 0 Å². The molecule has 0 saturated heterocycles. The lowest BCUT2D eigenvalue weighted by atomic mass is 9.74. The fourth-order valence-electron chi connectivity index (χ4n) is 3.06. The zero-order chi connectivity index (χ0) is 13.1. The van der Waals surface area contributed by atoms with E-state index in [0.29, 0.717) is 6.04 Å². The molecule has 1 saturated carbocycles. The molecular weight excluding hydrogens is 226 g/mol. The van der Waals surface area contributed by atoms with Crippen LogP contribution in [0.4, 0.5) is 0 Å². The van der Waals surface area contributed by atoms with Crippen molar-refractivity contribution in [3.8, 4) is 0 Å². The van der Waals surface area contributed by atoms with Gasteiger partial charge in [-0.3, -0.25) is 0 Å². The topological polar surface area (TPSA) is 55.6 Å². The average Bonchev–Trinajstić information content (AvgIpc) is 2.72. The Hall–Kier alpha value is -0.970. The summed E-state index contributed by atoms with van der Waals surface area (Å²) in [5.74, 6) is 3.26. The summed E-state index contributed by atoms with van der Waals surface area (Å²) < 4.78 is 1.74. The molecule has 0 amide bonds. The molecule has 0 aromatic carbocycles. The molecule has 3 unspecified atom stereocenters. The minimum absolute atomic E-state index is 0.602. The quantitative estimate of drug-likeness (QED) is 0.886. The Morgan fingerprint density at radius 2 is 2.17 bits per heavy atom. The smallest absolute Gasteiger partial charge is 0.164 e. The van der Waals surface area contributed by atoms with E-state index in [2.05, 4.69) is 41.6 Å². The van der Waals surface area contributed by atoms with Crippen molar-refractivity contribution < 1.29 is 0 Å². The van der Waals surface area contributed by atoms with Crippen LogP contribution in [0.2, 0.25) is 0 Å². The lowest BCUT2D eigenvalue weighted by Gasteiger charge is -2.37. The van der Waals surface area contributed by atoms with Crippen LogP contribution in [0.1, 0.15) is 45.9 Å². The van der Waals surface area contributed by atoms with Crippen LogP contribution in [0.5, 0.6) is 0 Å². The van der Waals surface area contributed by atoms with E-state index < -0.39 is 0 Å². The maximum Gasteiger partial charge on any atom is 0.164 e. The number of aromatic nitrogens is 4. The minimum atomic E-state index is 0.602. The molecule has 0 spiro atoms. The van der Waals surface area contributed by atoms with Crippen LogP contribution in [-0.4, -0.2) is 26.2 Å². The molecule has 0 bridgehead atoms. The fourth-order valence-corrected chi connectivity index (χ4v) is 3.06. The van der Waals surface area contributed by atoms with Crippen molar-refractivity contribution in [1.29, 1.82) is 0 Å². The predicted molar refractivity (Wildman–Crippen MR) is 70.8 cm³/mol. The van der Waals surface area contributed by atoms with Gasteiger partial charge < -0.3 is 5.32 Å². The Kier molecular flexibility index (Phi) is 4.32. The summed E-state index contributed by atoms with van der Waals surface area (Å²) in [5, 5.41) is 15.2. The standard InChI is InChI=1S/C13H25N5/c1-9(2)11-6-5-10(3)7-12(11)14-8-13-15-16-17-18(13)4/h9-12,14H,5-8H2,1-4H3. The highest BCUT2D eigenvalue weighted by molar-refractivity contribution is 4.88. The van der Waals surface area contributed by atoms with Gasteiger partial charge in [-0.25, -0.2) is 4.68 Å². The highest BCUT2D eigenvalue weighted by atomic mass is 15.5. The molecule has 3 atom stereocenters. The van der Waals surface area contributed by atoms with Crippen LogP contribution in [0.15, 0.2) is 0 Å². The number of nitrogens with one attached hydrogen (secondary N) is 1. The molecule has 1 heterocycles. The largest absolute Gasteiger partial charge is 0.307 e. The van der Waals surface area contributed by atoms with Gasteiger partial charge in [0, 0.05) is 13.1 Å². The second-order valence-corrected chi connectivity index (χ2v) is 6.03. The van der Waals surface area contributed by atoms with Gasteiger partial charge in [0.05, 0.1) is 6.54 Å². The van der Waals surface area contributed by atoms with Crippen molar-refractivity contribution in [2.24, 2.45) is 24.8 Å². The number of rotatable bonds is 4. The minimum Gasteiger partial charge on any atom is -0.307 e. The summed E-state index contributed by atoms with van der Waals surface area (Å²) in [6, 6.07) is 0.602. The number of hydrogen-bond acceptors (Lipinski definition) is 4. The van der Waals surface area contributed by atoms with Crippen molar-refractivity contribution in [3.05, 3.63) is 5.82 Å². The second kappa shape index (κ2) is 5.78. The van der Waals surface area contributed by atoms with Crippen molar-refractivity contribution in [2.75, 3.05) is 0 Å². The van der Waals surface area contributed by atoms with Crippen molar-refractivity contribution >= 4 is 0 Å². The van der Waals surface area contributed by atoms with Crippen LogP contribution in [-0.2, 0) is 13.6 Å². The summed E-state index contributed by atoms with van der Waals surface area (Å²) in [6.45, 7) is 7.79. The SMILES string of the molecule is CC1CCC(C(C)C)C(NCc2nnnn2C)C1. The van der Waals surface area contributed by atoms with Gasteiger partial charge in [-0.1, -0.05) is 27.2 Å². The predicted octanol–water partition coefficient (Wildman–Crippen LogP) is 1.76. The van der Waals surface area contributed by atoms with Gasteiger partial charge in [0.25, 0.3) is 0 Å². The van der Waals surface area contributed by atoms with Gasteiger partial charge in [0.2, 0.25) is 0 Å². The molecule has 1 N–H and O–H groups in total. The van der Waals surface area contributed by atoms with Gasteiger partial charge in [0.1, 0.15) is 0 Å². The zero-order valence-electron chi connectivity index (χ0n) is 11.9. The monoisotopic (exact) mass is 251 g/mol. The molecule has 0 radical (unpaired) electrons. The van der Waals surface area contributed by atoms with Crippen LogP contribution < -0.4 is 5.32 Å². The molecule has 5 heteroatoms. The second-order valence-electron chi connectivity index (χ2n) is 6.03. The Morgan fingerprint density at radius 3 is 2.78 bits per heavy atom. The van der Waals surface area contributed by atoms with E-state index in [0.717, 1.165) is 30.1 Å². The molecule has 2 rings (SSSR count). The van der Waals surface area contributed by atoms with E-state index in [1.165, 1.54) is 19.3 Å². The van der Waals surface area contributed by atoms with Gasteiger partial charge in [0.15, 0.2) is 5.82 Å². The van der Waals surface area contributed by atoms with E-state index in [1.807, 2.05) is 7.05 Å². The van der Waals surface area contributed by atoms with E-state index >= 15 is 0 Å². The van der Waals surface area contributed by atoms with Crippen molar-refractivity contribution in [1.82, 2.24) is 25.5 Å². The Morgan fingerprint density at radius 1 is 1.39 bits per heavy atom. The first kappa shape index (κ1) is 13.5. The summed E-state index contributed by atoms with van der Waals surface area (Å²) in [4.78, 5) is 0. The number of tetrazole rings is 1. The van der Waals surface area contributed by atoms with Gasteiger partial charge in [-0.15, -0.1) is 5.10 Å². The van der Waals surface area contributed by atoms with E-state index in [4.69, 9.17) is 0 Å². The lowest BCUT2D eigenvalue weighted by Crippen LogP contribution is -2.42. The Bertz CT molecular complexity index is 373. The zero-order valence-corrected chi connectivity index (χ0v) is 11.9. The highest BCUT2D eigenvalue weighted by Crippen LogP contribution is 2.33. The first-order valence-corrected chi connectivity index (χ1v) is 7.02. The number of hydrogen-bond donors (Lipinski definition) is 1. The third-order valence-electron chi connectivity index (χ3n) is 4.25. The van der Waals surface area contributed by atoms with Crippen molar-refractivity contribution in [2.45, 2.75) is 52.6 Å². The molecule has 1 fully saturated rings. The summed E-state index contributed by atoms with van der Waals surface area (Å²) >= 11 is 0. The molecule has 1 aliphatic carbocycles. The molecule has 1 aromatic heterocycles. The van der Waals surface area contributed by atoms with Crippen LogP contribution in [0, 0.1) is 17.8 Å². The summed E-state index contributed by atoms with van der Waals surface area (Å²) in [7, 11) is 1.89. The molecule has 5 nitrogen and oxygen atoms in total. The highest BCUT2D eigenvalue weighted by Gasteiger charge is 2.30. The van der Waals surface area contributed by atoms with Gasteiger partial charge >= 0.3 is 0 Å². The fraction of sp³-hybridized carbons (Fsp3) is 0.923. The first-order valence-electron chi connectivity index (χ1n) is 7.02. The Labute approximate surface area is 109 Å².